The van der Waals surface area contributed by atoms with Gasteiger partial charge in [-0.15, -0.1) is 0 Å². The standard InChI is InChI=1S/C20H23ClN2O4/c1-20(2,3)27-19(25)22-12-18(24)23-16-8-10-17(11-9-16)26-13-14-4-6-15(21)7-5-14/h4-11H,12-13H2,1-3H3,(H,22,25)(H,23,24). The molecule has 27 heavy (non-hydrogen) atoms. The maximum absolute atomic E-state index is 11.9. The molecule has 144 valence electrons. The summed E-state index contributed by atoms with van der Waals surface area (Å²) < 4.78 is 10.8. The maximum atomic E-state index is 11.9. The predicted octanol–water partition coefficient (Wildman–Crippen LogP) is 4.38. The van der Waals surface area contributed by atoms with Crippen molar-refractivity contribution in [3.63, 3.8) is 0 Å². The number of anilines is 1. The van der Waals surface area contributed by atoms with Crippen LogP contribution in [0.15, 0.2) is 48.5 Å². The Bertz CT molecular complexity index is 768. The number of rotatable bonds is 6. The number of ether oxygens (including phenoxy) is 2. The molecule has 0 aliphatic heterocycles. The maximum Gasteiger partial charge on any atom is 0.408 e. The SMILES string of the molecule is CC(C)(C)OC(=O)NCC(=O)Nc1ccc(OCc2ccc(Cl)cc2)cc1. The highest BCUT2D eigenvalue weighted by Crippen LogP contribution is 2.18. The van der Waals surface area contributed by atoms with Gasteiger partial charge >= 0.3 is 6.09 Å². The molecule has 0 fully saturated rings. The van der Waals surface area contributed by atoms with Crippen LogP contribution in [0.25, 0.3) is 0 Å². The van der Waals surface area contributed by atoms with Crippen molar-refractivity contribution in [2.24, 2.45) is 0 Å². The second kappa shape index (κ2) is 9.28. The molecule has 2 rings (SSSR count). The molecule has 2 aromatic rings. The van der Waals surface area contributed by atoms with Crippen LogP contribution in [0.5, 0.6) is 5.75 Å². The highest BCUT2D eigenvalue weighted by Gasteiger charge is 2.16. The Morgan fingerprint density at radius 2 is 1.63 bits per heavy atom. The van der Waals surface area contributed by atoms with Gasteiger partial charge in [0, 0.05) is 10.7 Å². The third-order valence-corrected chi connectivity index (χ3v) is 3.50. The van der Waals surface area contributed by atoms with Gasteiger partial charge in [-0.3, -0.25) is 4.79 Å². The average Bonchev–Trinajstić information content (AvgIpc) is 2.59. The van der Waals surface area contributed by atoms with E-state index in [1.807, 2.05) is 24.3 Å². The highest BCUT2D eigenvalue weighted by atomic mass is 35.5. The number of amides is 2. The van der Waals surface area contributed by atoms with Gasteiger partial charge in [0.05, 0.1) is 0 Å². The van der Waals surface area contributed by atoms with Crippen LogP contribution < -0.4 is 15.4 Å². The number of alkyl carbamates (subject to hydrolysis) is 1. The van der Waals surface area contributed by atoms with E-state index in [4.69, 9.17) is 21.1 Å². The molecular weight excluding hydrogens is 368 g/mol. The van der Waals surface area contributed by atoms with Crippen LogP contribution in [0.1, 0.15) is 26.3 Å². The van der Waals surface area contributed by atoms with E-state index < -0.39 is 11.7 Å². The van der Waals surface area contributed by atoms with Crippen molar-refractivity contribution in [1.29, 1.82) is 0 Å². The summed E-state index contributed by atoms with van der Waals surface area (Å²) in [6, 6.07) is 14.4. The fourth-order valence-corrected chi connectivity index (χ4v) is 2.18. The summed E-state index contributed by atoms with van der Waals surface area (Å²) in [5.74, 6) is 0.325. The number of carbonyl (C=O) groups excluding carboxylic acids is 2. The zero-order valence-electron chi connectivity index (χ0n) is 15.5. The molecule has 0 saturated carbocycles. The summed E-state index contributed by atoms with van der Waals surface area (Å²) in [7, 11) is 0. The summed E-state index contributed by atoms with van der Waals surface area (Å²) in [5.41, 5.74) is 0.998. The number of hydrogen-bond acceptors (Lipinski definition) is 4. The number of hydrogen-bond donors (Lipinski definition) is 2. The second-order valence-corrected chi connectivity index (χ2v) is 7.28. The summed E-state index contributed by atoms with van der Waals surface area (Å²) in [5, 5.41) is 5.77. The Labute approximate surface area is 163 Å². The molecule has 0 aliphatic carbocycles. The van der Waals surface area contributed by atoms with Crippen molar-refractivity contribution in [3.05, 3.63) is 59.1 Å². The van der Waals surface area contributed by atoms with Gasteiger partial charge in [-0.05, 0) is 62.7 Å². The fourth-order valence-electron chi connectivity index (χ4n) is 2.05. The monoisotopic (exact) mass is 390 g/mol. The molecule has 0 spiro atoms. The topological polar surface area (TPSA) is 76.7 Å². The van der Waals surface area contributed by atoms with Crippen molar-refractivity contribution >= 4 is 29.3 Å². The van der Waals surface area contributed by atoms with Gasteiger partial charge in [-0.2, -0.15) is 0 Å². The first-order valence-electron chi connectivity index (χ1n) is 8.45. The minimum Gasteiger partial charge on any atom is -0.489 e. The smallest absolute Gasteiger partial charge is 0.408 e. The van der Waals surface area contributed by atoms with Crippen molar-refractivity contribution in [2.45, 2.75) is 33.0 Å². The normalized spacial score (nSPS) is 10.8. The Kier molecular flexibility index (Phi) is 7.07. The van der Waals surface area contributed by atoms with E-state index in [0.29, 0.717) is 23.1 Å². The zero-order chi connectivity index (χ0) is 19.9. The molecule has 6 nitrogen and oxygen atoms in total. The first kappa shape index (κ1) is 20.6. The summed E-state index contributed by atoms with van der Waals surface area (Å²) in [6.45, 7) is 5.50. The highest BCUT2D eigenvalue weighted by molar-refractivity contribution is 6.30. The lowest BCUT2D eigenvalue weighted by Crippen LogP contribution is -2.37. The van der Waals surface area contributed by atoms with Crippen LogP contribution in [0.2, 0.25) is 5.02 Å². The Balaban J connectivity index is 1.76. The van der Waals surface area contributed by atoms with E-state index in [9.17, 15) is 9.59 Å². The summed E-state index contributed by atoms with van der Waals surface area (Å²) in [6.07, 6.45) is -0.636. The number of carbonyl (C=O) groups is 2. The van der Waals surface area contributed by atoms with E-state index >= 15 is 0 Å². The lowest BCUT2D eigenvalue weighted by Gasteiger charge is -2.19. The van der Waals surface area contributed by atoms with Crippen molar-refractivity contribution in [3.8, 4) is 5.75 Å². The molecule has 0 bridgehead atoms. The molecule has 2 N–H and O–H groups in total. The molecule has 2 aromatic carbocycles. The molecule has 7 heteroatoms. The van der Waals surface area contributed by atoms with E-state index in [-0.39, 0.29) is 12.5 Å². The first-order valence-corrected chi connectivity index (χ1v) is 8.83. The fraction of sp³-hybridized carbons (Fsp3) is 0.300. The lowest BCUT2D eigenvalue weighted by atomic mass is 10.2. The Hall–Kier alpha value is -2.73. The van der Waals surface area contributed by atoms with Crippen LogP contribution >= 0.6 is 11.6 Å². The van der Waals surface area contributed by atoms with E-state index in [1.165, 1.54) is 0 Å². The van der Waals surface area contributed by atoms with Crippen LogP contribution in [0.4, 0.5) is 10.5 Å². The van der Waals surface area contributed by atoms with Crippen LogP contribution in [0.3, 0.4) is 0 Å². The third kappa shape index (κ3) is 8.00. The largest absolute Gasteiger partial charge is 0.489 e. The van der Waals surface area contributed by atoms with Crippen LogP contribution in [-0.4, -0.2) is 24.1 Å². The Morgan fingerprint density at radius 1 is 1.00 bits per heavy atom. The zero-order valence-corrected chi connectivity index (χ0v) is 16.3. The molecule has 0 heterocycles. The predicted molar refractivity (Wildman–Crippen MR) is 105 cm³/mol. The molecule has 2 amide bonds. The van der Waals surface area contributed by atoms with Gasteiger partial charge in [-0.25, -0.2) is 4.79 Å². The van der Waals surface area contributed by atoms with Gasteiger partial charge in [0.2, 0.25) is 5.91 Å². The second-order valence-electron chi connectivity index (χ2n) is 6.84. The van der Waals surface area contributed by atoms with E-state index in [0.717, 1.165) is 5.56 Å². The molecule has 0 aromatic heterocycles. The Morgan fingerprint density at radius 3 is 2.22 bits per heavy atom. The number of halogens is 1. The molecule has 0 atom stereocenters. The van der Waals surface area contributed by atoms with Crippen molar-refractivity contribution in [2.75, 3.05) is 11.9 Å². The van der Waals surface area contributed by atoms with Crippen molar-refractivity contribution < 1.29 is 19.1 Å². The molecule has 0 radical (unpaired) electrons. The van der Waals surface area contributed by atoms with E-state index in [1.54, 1.807) is 45.0 Å². The van der Waals surface area contributed by atoms with Gasteiger partial charge in [0.1, 0.15) is 24.5 Å². The lowest BCUT2D eigenvalue weighted by molar-refractivity contribution is -0.115. The number of nitrogens with one attached hydrogen (secondary N) is 2. The van der Waals surface area contributed by atoms with Crippen LogP contribution in [0, 0.1) is 0 Å². The molecule has 0 saturated heterocycles. The molecule has 0 aliphatic rings. The first-order chi connectivity index (χ1) is 12.7. The van der Waals surface area contributed by atoms with Gasteiger partial charge < -0.3 is 20.1 Å². The van der Waals surface area contributed by atoms with Gasteiger partial charge in [-0.1, -0.05) is 23.7 Å². The minimum absolute atomic E-state index is 0.177. The number of benzene rings is 2. The summed E-state index contributed by atoms with van der Waals surface area (Å²) in [4.78, 5) is 23.4. The molecule has 0 unspecified atom stereocenters. The van der Waals surface area contributed by atoms with Crippen LogP contribution in [-0.2, 0) is 16.1 Å². The van der Waals surface area contributed by atoms with E-state index in [2.05, 4.69) is 10.6 Å². The van der Waals surface area contributed by atoms with Crippen molar-refractivity contribution in [1.82, 2.24) is 5.32 Å². The van der Waals surface area contributed by atoms with Gasteiger partial charge in [0.25, 0.3) is 0 Å². The molecular formula is C20H23ClN2O4. The summed E-state index contributed by atoms with van der Waals surface area (Å²) >= 11 is 5.85. The van der Waals surface area contributed by atoms with Gasteiger partial charge in [0.15, 0.2) is 0 Å². The average molecular weight is 391 g/mol. The quantitative estimate of drug-likeness (QED) is 0.767. The third-order valence-electron chi connectivity index (χ3n) is 3.25. The minimum atomic E-state index is -0.636.